The first-order valence-corrected chi connectivity index (χ1v) is 7.93. The molecule has 0 spiro atoms. The van der Waals surface area contributed by atoms with Gasteiger partial charge in [-0.25, -0.2) is 9.67 Å². The molecule has 21 heavy (non-hydrogen) atoms. The van der Waals surface area contributed by atoms with E-state index in [9.17, 15) is 0 Å². The van der Waals surface area contributed by atoms with Crippen LogP contribution in [0.1, 0.15) is 19.7 Å². The number of thiophene rings is 1. The van der Waals surface area contributed by atoms with Crippen LogP contribution in [-0.4, -0.2) is 24.5 Å². The number of hydrogen-bond acceptors (Lipinski definition) is 4. The van der Waals surface area contributed by atoms with E-state index in [0.29, 0.717) is 5.92 Å². The normalized spacial score (nSPS) is 11.5. The zero-order valence-corrected chi connectivity index (χ0v) is 13.7. The van der Waals surface area contributed by atoms with Gasteiger partial charge in [0.25, 0.3) is 0 Å². The van der Waals surface area contributed by atoms with Crippen LogP contribution in [0.25, 0.3) is 16.4 Å². The van der Waals surface area contributed by atoms with Crippen LogP contribution in [0.15, 0.2) is 24.5 Å². The molecule has 0 aliphatic heterocycles. The number of aryl methyl sites for hydroxylation is 1. The standard InChI is InChI=1S/C14H16ClN5S/c1-9(2)6-13-17-14(11-4-5-12(15)21-11)20(18-13)10-7-16-19(3)8-10/h4-5,7-9H,6H2,1-3H3. The molecule has 0 N–H and O–H groups in total. The molecule has 0 aromatic carbocycles. The summed E-state index contributed by atoms with van der Waals surface area (Å²) < 4.78 is 4.34. The maximum atomic E-state index is 6.05. The van der Waals surface area contributed by atoms with Crippen molar-refractivity contribution in [1.82, 2.24) is 24.5 Å². The minimum Gasteiger partial charge on any atom is -0.274 e. The van der Waals surface area contributed by atoms with Crippen LogP contribution < -0.4 is 0 Å². The van der Waals surface area contributed by atoms with Crippen molar-refractivity contribution >= 4 is 22.9 Å². The van der Waals surface area contributed by atoms with E-state index in [1.165, 1.54) is 11.3 Å². The van der Waals surface area contributed by atoms with Gasteiger partial charge < -0.3 is 0 Å². The average molecular weight is 322 g/mol. The van der Waals surface area contributed by atoms with E-state index in [1.54, 1.807) is 10.9 Å². The summed E-state index contributed by atoms with van der Waals surface area (Å²) in [6, 6.07) is 3.86. The third kappa shape index (κ3) is 3.01. The molecule has 3 rings (SSSR count). The number of halogens is 1. The lowest BCUT2D eigenvalue weighted by Crippen LogP contribution is -2.00. The highest BCUT2D eigenvalue weighted by Gasteiger charge is 2.17. The zero-order chi connectivity index (χ0) is 15.0. The van der Waals surface area contributed by atoms with Crippen LogP contribution >= 0.6 is 22.9 Å². The second-order valence-corrected chi connectivity index (χ2v) is 7.05. The second kappa shape index (κ2) is 5.61. The van der Waals surface area contributed by atoms with E-state index in [2.05, 4.69) is 29.0 Å². The molecule has 0 aliphatic rings. The van der Waals surface area contributed by atoms with Crippen LogP contribution in [0.5, 0.6) is 0 Å². The molecule has 0 aliphatic carbocycles. The highest BCUT2D eigenvalue weighted by Crippen LogP contribution is 2.31. The molecule has 5 nitrogen and oxygen atoms in total. The van der Waals surface area contributed by atoms with Gasteiger partial charge in [-0.2, -0.15) is 10.2 Å². The van der Waals surface area contributed by atoms with E-state index in [4.69, 9.17) is 11.6 Å². The SMILES string of the molecule is CC(C)Cc1nc(-c2ccc(Cl)s2)n(-c2cnn(C)c2)n1. The highest BCUT2D eigenvalue weighted by molar-refractivity contribution is 7.19. The Hall–Kier alpha value is -1.66. The molecule has 0 bridgehead atoms. The van der Waals surface area contributed by atoms with Gasteiger partial charge in [-0.3, -0.25) is 4.68 Å². The Labute approximate surface area is 132 Å². The van der Waals surface area contributed by atoms with Crippen molar-refractivity contribution in [2.45, 2.75) is 20.3 Å². The molecular formula is C14H16ClN5S. The molecule has 7 heteroatoms. The summed E-state index contributed by atoms with van der Waals surface area (Å²) in [5.41, 5.74) is 0.902. The summed E-state index contributed by atoms with van der Waals surface area (Å²) in [5.74, 6) is 2.17. The van der Waals surface area contributed by atoms with E-state index < -0.39 is 0 Å². The fraction of sp³-hybridized carbons (Fsp3) is 0.357. The van der Waals surface area contributed by atoms with Gasteiger partial charge in [-0.05, 0) is 18.1 Å². The van der Waals surface area contributed by atoms with Gasteiger partial charge in [-0.1, -0.05) is 25.4 Å². The summed E-state index contributed by atoms with van der Waals surface area (Å²) in [5, 5.41) is 8.84. The van der Waals surface area contributed by atoms with Crippen LogP contribution in [0.4, 0.5) is 0 Å². The topological polar surface area (TPSA) is 48.5 Å². The second-order valence-electron chi connectivity index (χ2n) is 5.34. The van der Waals surface area contributed by atoms with Crippen molar-refractivity contribution in [3.8, 4) is 16.4 Å². The molecule has 0 saturated heterocycles. The minimum absolute atomic E-state index is 0.509. The van der Waals surface area contributed by atoms with Crippen molar-refractivity contribution in [1.29, 1.82) is 0 Å². The first-order chi connectivity index (χ1) is 10.0. The fourth-order valence-electron chi connectivity index (χ4n) is 2.10. The summed E-state index contributed by atoms with van der Waals surface area (Å²) in [6.07, 6.45) is 4.55. The molecule has 0 fully saturated rings. The Morgan fingerprint density at radius 2 is 2.14 bits per heavy atom. The lowest BCUT2D eigenvalue weighted by atomic mass is 10.1. The van der Waals surface area contributed by atoms with Gasteiger partial charge in [0.05, 0.1) is 21.6 Å². The smallest absolute Gasteiger partial charge is 0.173 e. The summed E-state index contributed by atoms with van der Waals surface area (Å²) >= 11 is 7.55. The van der Waals surface area contributed by atoms with E-state index >= 15 is 0 Å². The first kappa shape index (κ1) is 14.3. The van der Waals surface area contributed by atoms with Gasteiger partial charge in [-0.15, -0.1) is 11.3 Å². The van der Waals surface area contributed by atoms with Crippen LogP contribution in [-0.2, 0) is 13.5 Å². The highest BCUT2D eigenvalue weighted by atomic mass is 35.5. The largest absolute Gasteiger partial charge is 0.274 e. The van der Waals surface area contributed by atoms with Crippen molar-refractivity contribution in [3.05, 3.63) is 34.7 Å². The van der Waals surface area contributed by atoms with Crippen LogP contribution in [0.3, 0.4) is 0 Å². The number of hydrogen-bond donors (Lipinski definition) is 0. The van der Waals surface area contributed by atoms with Gasteiger partial charge in [0.2, 0.25) is 0 Å². The molecule has 110 valence electrons. The fourth-order valence-corrected chi connectivity index (χ4v) is 3.12. The van der Waals surface area contributed by atoms with Gasteiger partial charge in [0, 0.05) is 13.5 Å². The molecule has 3 aromatic rings. The maximum absolute atomic E-state index is 6.05. The van der Waals surface area contributed by atoms with E-state index in [-0.39, 0.29) is 0 Å². The Kier molecular flexibility index (Phi) is 3.82. The van der Waals surface area contributed by atoms with Crippen molar-refractivity contribution in [2.24, 2.45) is 13.0 Å². The Morgan fingerprint density at radius 3 is 2.71 bits per heavy atom. The molecule has 0 saturated carbocycles. The number of nitrogens with zero attached hydrogens (tertiary/aromatic N) is 5. The Balaban J connectivity index is 2.09. The average Bonchev–Trinajstić information content (AvgIpc) is 3.08. The van der Waals surface area contributed by atoms with Crippen molar-refractivity contribution < 1.29 is 0 Å². The van der Waals surface area contributed by atoms with Gasteiger partial charge in [0.15, 0.2) is 11.6 Å². The van der Waals surface area contributed by atoms with E-state index in [0.717, 1.165) is 33.0 Å². The molecule has 0 radical (unpaired) electrons. The molecule has 0 unspecified atom stereocenters. The van der Waals surface area contributed by atoms with E-state index in [1.807, 2.05) is 30.1 Å². The Morgan fingerprint density at radius 1 is 1.33 bits per heavy atom. The summed E-state index contributed by atoms with van der Waals surface area (Å²) in [7, 11) is 1.89. The van der Waals surface area contributed by atoms with Crippen molar-refractivity contribution in [3.63, 3.8) is 0 Å². The molecule has 0 amide bonds. The third-order valence-electron chi connectivity index (χ3n) is 2.97. The van der Waals surface area contributed by atoms with Crippen LogP contribution in [0, 0.1) is 5.92 Å². The van der Waals surface area contributed by atoms with Crippen molar-refractivity contribution in [2.75, 3.05) is 0 Å². The van der Waals surface area contributed by atoms with Gasteiger partial charge >= 0.3 is 0 Å². The third-order valence-corrected chi connectivity index (χ3v) is 4.20. The number of aromatic nitrogens is 5. The van der Waals surface area contributed by atoms with Crippen LogP contribution in [0.2, 0.25) is 4.34 Å². The monoisotopic (exact) mass is 321 g/mol. The molecule has 0 atom stereocenters. The maximum Gasteiger partial charge on any atom is 0.173 e. The number of rotatable bonds is 4. The predicted octanol–water partition coefficient (Wildman–Crippen LogP) is 3.58. The molecule has 3 aromatic heterocycles. The summed E-state index contributed by atoms with van der Waals surface area (Å²) in [4.78, 5) is 5.69. The van der Waals surface area contributed by atoms with Gasteiger partial charge in [0.1, 0.15) is 5.69 Å². The lowest BCUT2D eigenvalue weighted by Gasteiger charge is -2.00. The minimum atomic E-state index is 0.509. The predicted molar refractivity (Wildman–Crippen MR) is 85.0 cm³/mol. The summed E-state index contributed by atoms with van der Waals surface area (Å²) in [6.45, 7) is 4.32. The Bertz CT molecular complexity index is 697. The molecule has 3 heterocycles. The first-order valence-electron chi connectivity index (χ1n) is 6.73. The quantitative estimate of drug-likeness (QED) is 0.738. The zero-order valence-electron chi connectivity index (χ0n) is 12.1. The lowest BCUT2D eigenvalue weighted by molar-refractivity contribution is 0.618. The molecular weight excluding hydrogens is 306 g/mol.